The zero-order valence-corrected chi connectivity index (χ0v) is 20.9. The number of hydrogen-bond acceptors (Lipinski definition) is 4. The normalized spacial score (nSPS) is 18.6. The first-order chi connectivity index (χ1) is 18.2. The van der Waals surface area contributed by atoms with Gasteiger partial charge in [0.1, 0.15) is 19.1 Å². The van der Waals surface area contributed by atoms with Crippen molar-refractivity contribution in [2.24, 2.45) is 0 Å². The zero-order chi connectivity index (χ0) is 28.8. The molecular formula is C26H19BClF5N2O4. The van der Waals surface area contributed by atoms with Gasteiger partial charge in [-0.15, -0.1) is 0 Å². The Kier molecular flexibility index (Phi) is 7.39. The number of fused-ring (bicyclic) bond motifs is 1. The Bertz CT molecular complexity index is 1450. The summed E-state index contributed by atoms with van der Waals surface area (Å²) in [5, 5.41) is 12.8. The monoisotopic (exact) mass is 564 g/mol. The summed E-state index contributed by atoms with van der Waals surface area (Å²) in [5.74, 6) is -5.72. The van der Waals surface area contributed by atoms with E-state index in [1.165, 1.54) is 43.5 Å². The third-order valence-corrected chi connectivity index (χ3v) is 6.52. The molecule has 1 heterocycles. The van der Waals surface area contributed by atoms with Crippen LogP contribution in [0.15, 0.2) is 60.7 Å². The molecule has 3 aromatic carbocycles. The molecule has 0 saturated carbocycles. The molecule has 1 aliphatic heterocycles. The van der Waals surface area contributed by atoms with Gasteiger partial charge in [-0.2, -0.15) is 13.2 Å². The van der Waals surface area contributed by atoms with Crippen molar-refractivity contribution < 1.29 is 41.4 Å². The molecule has 1 unspecified atom stereocenters. The first-order valence-electron chi connectivity index (χ1n) is 11.3. The van der Waals surface area contributed by atoms with Gasteiger partial charge >= 0.3 is 6.18 Å². The van der Waals surface area contributed by atoms with Crippen LogP contribution in [0.2, 0.25) is 5.02 Å². The van der Waals surface area contributed by atoms with Crippen molar-refractivity contribution >= 4 is 42.6 Å². The molecule has 0 fully saturated rings. The fraction of sp³-hybridized carbons (Fsp3) is 0.231. The van der Waals surface area contributed by atoms with Crippen LogP contribution in [0, 0.1) is 0 Å². The fourth-order valence-corrected chi connectivity index (χ4v) is 4.39. The number of alkyl halides is 5. The summed E-state index contributed by atoms with van der Waals surface area (Å²) >= 11 is 5.94. The second kappa shape index (κ2) is 10.2. The molecule has 0 spiro atoms. The SMILES string of the molecule is [B]C1(O)c2cc(Cl)ccc2N(C(=O)c2ccc(NC(=O)c3ccccc3C(F)(F)F)c(OC)c2)CCC1(F)F. The minimum atomic E-state index is -4.77. The molecule has 0 bridgehead atoms. The van der Waals surface area contributed by atoms with Crippen LogP contribution in [0.5, 0.6) is 5.75 Å². The second-order valence-electron chi connectivity index (χ2n) is 8.75. The van der Waals surface area contributed by atoms with Crippen LogP contribution in [0.3, 0.4) is 0 Å². The van der Waals surface area contributed by atoms with Gasteiger partial charge in [0.15, 0.2) is 0 Å². The van der Waals surface area contributed by atoms with Gasteiger partial charge in [-0.3, -0.25) is 9.59 Å². The topological polar surface area (TPSA) is 78.9 Å². The summed E-state index contributed by atoms with van der Waals surface area (Å²) < 4.78 is 74.7. The molecule has 2 radical (unpaired) electrons. The third kappa shape index (κ3) is 5.31. The highest BCUT2D eigenvalue weighted by molar-refractivity contribution is 6.31. The van der Waals surface area contributed by atoms with Crippen LogP contribution in [-0.2, 0) is 11.7 Å². The number of hydrogen-bond donors (Lipinski definition) is 2. The number of nitrogens with one attached hydrogen (secondary N) is 1. The Hall–Kier alpha value is -3.64. The number of amides is 2. The molecule has 202 valence electrons. The van der Waals surface area contributed by atoms with Gasteiger partial charge in [0.05, 0.1) is 23.9 Å². The van der Waals surface area contributed by atoms with E-state index in [4.69, 9.17) is 24.2 Å². The molecule has 1 aliphatic rings. The molecule has 0 aliphatic carbocycles. The van der Waals surface area contributed by atoms with Crippen molar-refractivity contribution in [2.75, 3.05) is 23.9 Å². The highest BCUT2D eigenvalue weighted by atomic mass is 35.5. The number of ether oxygens (including phenoxy) is 1. The van der Waals surface area contributed by atoms with E-state index in [2.05, 4.69) is 5.32 Å². The van der Waals surface area contributed by atoms with E-state index in [9.17, 15) is 36.6 Å². The summed E-state index contributed by atoms with van der Waals surface area (Å²) in [5.41, 5.74) is -5.51. The lowest BCUT2D eigenvalue weighted by molar-refractivity contribution is -0.140. The fourth-order valence-electron chi connectivity index (χ4n) is 4.22. The predicted octanol–water partition coefficient (Wildman–Crippen LogP) is 5.62. The number of benzene rings is 3. The summed E-state index contributed by atoms with van der Waals surface area (Å²) in [4.78, 5) is 27.1. The molecule has 13 heteroatoms. The molecule has 0 saturated heterocycles. The Labute approximate surface area is 225 Å². The second-order valence-corrected chi connectivity index (χ2v) is 9.19. The maximum absolute atomic E-state index is 14.7. The van der Waals surface area contributed by atoms with Crippen LogP contribution >= 0.6 is 11.6 Å². The van der Waals surface area contributed by atoms with Crippen molar-refractivity contribution in [3.8, 4) is 5.75 Å². The van der Waals surface area contributed by atoms with Crippen molar-refractivity contribution in [2.45, 2.75) is 24.0 Å². The average molecular weight is 565 g/mol. The summed E-state index contributed by atoms with van der Waals surface area (Å²) in [7, 11) is 6.82. The van der Waals surface area contributed by atoms with Crippen LogP contribution in [0.1, 0.15) is 38.3 Å². The van der Waals surface area contributed by atoms with Crippen molar-refractivity contribution in [1.29, 1.82) is 0 Å². The lowest BCUT2D eigenvalue weighted by Crippen LogP contribution is -2.45. The smallest absolute Gasteiger partial charge is 0.417 e. The number of carbonyl (C=O) groups excluding carboxylic acids is 2. The van der Waals surface area contributed by atoms with Gasteiger partial charge in [-0.25, -0.2) is 8.78 Å². The Morgan fingerprint density at radius 1 is 1.10 bits per heavy atom. The maximum atomic E-state index is 14.7. The number of carbonyl (C=O) groups is 2. The molecule has 39 heavy (non-hydrogen) atoms. The Balaban J connectivity index is 1.68. The molecule has 4 rings (SSSR count). The molecular weight excluding hydrogens is 546 g/mol. The third-order valence-electron chi connectivity index (χ3n) is 6.29. The Morgan fingerprint density at radius 2 is 1.79 bits per heavy atom. The minimum absolute atomic E-state index is 0.0107. The molecule has 2 N–H and O–H groups in total. The van der Waals surface area contributed by atoms with Gasteiger partial charge in [-0.05, 0) is 48.5 Å². The standard InChI is InChI=1S/C26H19BClF5N2O4/c1-39-21-12-14(6-8-19(21)34-22(36)16-4-2-3-5-17(16)26(31,32)33)23(37)35-11-10-24(29,30)25(27,38)18-13-15(28)7-9-20(18)35/h2-9,12-13,38H,10-11H2,1H3,(H,34,36). The van der Waals surface area contributed by atoms with Crippen LogP contribution in [-0.4, -0.2) is 44.3 Å². The number of aliphatic hydroxyl groups is 1. The van der Waals surface area contributed by atoms with Crippen LogP contribution < -0.4 is 15.0 Å². The average Bonchev–Trinajstić information content (AvgIpc) is 2.95. The minimum Gasteiger partial charge on any atom is -0.495 e. The predicted molar refractivity (Wildman–Crippen MR) is 135 cm³/mol. The summed E-state index contributed by atoms with van der Waals surface area (Å²) in [6.45, 7) is -0.519. The van der Waals surface area contributed by atoms with E-state index in [0.29, 0.717) is 0 Å². The number of nitrogens with zero attached hydrogens (tertiary/aromatic N) is 1. The number of anilines is 2. The lowest BCUT2D eigenvalue weighted by atomic mass is 9.70. The van der Waals surface area contributed by atoms with Gasteiger partial charge in [-0.1, -0.05) is 23.7 Å². The molecule has 3 aromatic rings. The van der Waals surface area contributed by atoms with E-state index < -0.39 is 59.1 Å². The van der Waals surface area contributed by atoms with Crippen molar-refractivity contribution in [1.82, 2.24) is 0 Å². The number of methoxy groups -OCH3 is 1. The zero-order valence-electron chi connectivity index (χ0n) is 20.2. The van der Waals surface area contributed by atoms with E-state index in [0.717, 1.165) is 29.2 Å². The Morgan fingerprint density at radius 3 is 2.46 bits per heavy atom. The van der Waals surface area contributed by atoms with Gasteiger partial charge in [0.25, 0.3) is 17.7 Å². The van der Waals surface area contributed by atoms with E-state index in [1.54, 1.807) is 0 Å². The maximum Gasteiger partial charge on any atom is 0.417 e. The van der Waals surface area contributed by atoms with E-state index >= 15 is 0 Å². The van der Waals surface area contributed by atoms with E-state index in [-0.39, 0.29) is 27.7 Å². The van der Waals surface area contributed by atoms with Gasteiger partial charge in [0.2, 0.25) is 0 Å². The molecule has 2 amide bonds. The van der Waals surface area contributed by atoms with Gasteiger partial charge in [0, 0.05) is 34.8 Å². The van der Waals surface area contributed by atoms with Crippen LogP contribution in [0.25, 0.3) is 0 Å². The summed E-state index contributed by atoms with van der Waals surface area (Å²) in [6, 6.07) is 11.6. The van der Waals surface area contributed by atoms with Crippen molar-refractivity contribution in [3.05, 3.63) is 87.9 Å². The van der Waals surface area contributed by atoms with Crippen molar-refractivity contribution in [3.63, 3.8) is 0 Å². The molecule has 6 nitrogen and oxygen atoms in total. The summed E-state index contributed by atoms with van der Waals surface area (Å²) in [6.07, 6.45) is -5.74. The van der Waals surface area contributed by atoms with E-state index in [1.807, 2.05) is 0 Å². The highest BCUT2D eigenvalue weighted by Crippen LogP contribution is 2.46. The number of halogens is 6. The first-order valence-corrected chi connectivity index (χ1v) is 11.7. The largest absolute Gasteiger partial charge is 0.495 e. The quantitative estimate of drug-likeness (QED) is 0.319. The van der Waals surface area contributed by atoms with Gasteiger partial charge < -0.3 is 20.1 Å². The number of rotatable bonds is 4. The first kappa shape index (κ1) is 28.4. The lowest BCUT2D eigenvalue weighted by Gasteiger charge is -2.32. The molecule has 1 atom stereocenters. The highest BCUT2D eigenvalue weighted by Gasteiger charge is 2.53. The van der Waals surface area contributed by atoms with Crippen LogP contribution in [0.4, 0.5) is 33.3 Å². The molecule has 0 aromatic heterocycles.